The molecule has 10 heteroatoms. The normalized spacial score (nSPS) is 22.6. The van der Waals surface area contributed by atoms with E-state index >= 15 is 0 Å². The Morgan fingerprint density at radius 2 is 1.85 bits per heavy atom. The number of carbonyl (C=O) groups is 2. The van der Waals surface area contributed by atoms with Crippen LogP contribution in [0.25, 0.3) is 0 Å². The van der Waals surface area contributed by atoms with Gasteiger partial charge in [0.05, 0.1) is 5.56 Å². The van der Waals surface area contributed by atoms with Gasteiger partial charge < -0.3 is 15.1 Å². The molecule has 0 aromatic heterocycles. The molecule has 3 rings (SSSR count). The van der Waals surface area contributed by atoms with Crippen LogP contribution in [0.1, 0.15) is 29.6 Å². The number of rotatable bonds is 1. The summed E-state index contributed by atoms with van der Waals surface area (Å²) in [6.07, 6.45) is -1.76. The number of phenols is 1. The van der Waals surface area contributed by atoms with Crippen molar-refractivity contribution in [3.8, 4) is 5.75 Å². The number of carboxylic acids is 1. The monoisotopic (exact) mass is 408 g/mol. The van der Waals surface area contributed by atoms with E-state index < -0.39 is 12.1 Å². The van der Waals surface area contributed by atoms with Crippen LogP contribution in [-0.2, 0) is 4.79 Å². The van der Waals surface area contributed by atoms with Gasteiger partial charge in [-0.15, -0.1) is 0 Å². The maximum Gasteiger partial charge on any atom is 0.490 e. The van der Waals surface area contributed by atoms with Gasteiger partial charge in [-0.25, -0.2) is 4.79 Å². The summed E-state index contributed by atoms with van der Waals surface area (Å²) in [4.78, 5) is 25.7. The quantitative estimate of drug-likeness (QED) is 0.746. The summed E-state index contributed by atoms with van der Waals surface area (Å²) in [7, 11) is 2.12. The Hall–Kier alpha value is -2.00. The molecule has 6 nitrogen and oxygen atoms in total. The largest absolute Gasteiger partial charge is 0.507 e. The number of carbonyl (C=O) groups excluding carboxylic acids is 1. The highest BCUT2D eigenvalue weighted by Gasteiger charge is 2.46. The van der Waals surface area contributed by atoms with E-state index in [-0.39, 0.29) is 17.2 Å². The van der Waals surface area contributed by atoms with Crippen LogP contribution in [0, 0.1) is 0 Å². The number of alkyl halides is 3. The number of phenolic OH excluding ortho intramolecular Hbond substituents is 1. The lowest BCUT2D eigenvalue weighted by atomic mass is 9.78. The van der Waals surface area contributed by atoms with E-state index in [1.807, 2.05) is 4.90 Å². The zero-order valence-corrected chi connectivity index (χ0v) is 15.3. The number of carboxylic acid groups (broad SMARTS) is 1. The molecule has 2 N–H and O–H groups in total. The van der Waals surface area contributed by atoms with Gasteiger partial charge in [0.1, 0.15) is 5.75 Å². The summed E-state index contributed by atoms with van der Waals surface area (Å²) in [6, 6.07) is 4.67. The van der Waals surface area contributed by atoms with Crippen LogP contribution in [0.2, 0.25) is 5.02 Å². The van der Waals surface area contributed by atoms with E-state index in [0.29, 0.717) is 10.6 Å². The van der Waals surface area contributed by atoms with Gasteiger partial charge in [-0.1, -0.05) is 11.6 Å². The minimum atomic E-state index is -5.08. The molecule has 27 heavy (non-hydrogen) atoms. The topological polar surface area (TPSA) is 81.1 Å². The zero-order valence-electron chi connectivity index (χ0n) is 14.6. The van der Waals surface area contributed by atoms with Crippen molar-refractivity contribution in [1.29, 1.82) is 0 Å². The molecule has 2 heterocycles. The average Bonchev–Trinajstić information content (AvgIpc) is 2.59. The number of hydrogen-bond acceptors (Lipinski definition) is 4. The highest BCUT2D eigenvalue weighted by Crippen LogP contribution is 2.38. The maximum atomic E-state index is 12.6. The Balaban J connectivity index is 0.000000321. The fourth-order valence-corrected chi connectivity index (χ4v) is 3.48. The lowest BCUT2D eigenvalue weighted by Gasteiger charge is -2.55. The molecule has 0 bridgehead atoms. The van der Waals surface area contributed by atoms with E-state index in [1.165, 1.54) is 6.07 Å². The number of benzene rings is 1. The number of aromatic hydroxyl groups is 1. The highest BCUT2D eigenvalue weighted by atomic mass is 35.5. The maximum absolute atomic E-state index is 12.6. The van der Waals surface area contributed by atoms with Crippen LogP contribution in [-0.4, -0.2) is 70.3 Å². The summed E-state index contributed by atoms with van der Waals surface area (Å²) in [5, 5.41) is 17.5. The van der Waals surface area contributed by atoms with E-state index in [0.717, 1.165) is 38.9 Å². The van der Waals surface area contributed by atoms with Crippen molar-refractivity contribution in [2.45, 2.75) is 31.0 Å². The lowest BCUT2D eigenvalue weighted by Crippen LogP contribution is -2.66. The van der Waals surface area contributed by atoms with Crippen molar-refractivity contribution in [3.05, 3.63) is 28.8 Å². The number of amides is 1. The second-order valence-corrected chi connectivity index (χ2v) is 7.13. The third-order valence-corrected chi connectivity index (χ3v) is 5.23. The smallest absolute Gasteiger partial charge is 0.490 e. The zero-order chi connectivity index (χ0) is 20.4. The summed E-state index contributed by atoms with van der Waals surface area (Å²) in [5.74, 6) is -2.89. The molecule has 150 valence electrons. The molecule has 1 aromatic rings. The van der Waals surface area contributed by atoms with Crippen LogP contribution >= 0.6 is 11.6 Å². The van der Waals surface area contributed by atoms with Crippen LogP contribution < -0.4 is 0 Å². The van der Waals surface area contributed by atoms with Crippen molar-refractivity contribution in [1.82, 2.24) is 9.80 Å². The van der Waals surface area contributed by atoms with Crippen molar-refractivity contribution in [2.75, 3.05) is 26.7 Å². The van der Waals surface area contributed by atoms with Crippen LogP contribution in [0.4, 0.5) is 13.2 Å². The molecule has 1 aromatic carbocycles. The van der Waals surface area contributed by atoms with E-state index in [9.17, 15) is 23.1 Å². The van der Waals surface area contributed by atoms with Crippen molar-refractivity contribution < 1.29 is 33.0 Å². The van der Waals surface area contributed by atoms with Crippen LogP contribution in [0.15, 0.2) is 18.2 Å². The minimum Gasteiger partial charge on any atom is -0.507 e. The van der Waals surface area contributed by atoms with E-state index in [2.05, 4.69) is 11.9 Å². The number of piperidine rings is 1. The second-order valence-electron chi connectivity index (χ2n) is 6.69. The average molecular weight is 409 g/mol. The molecule has 2 saturated heterocycles. The summed E-state index contributed by atoms with van der Waals surface area (Å²) < 4.78 is 31.7. The Bertz CT molecular complexity index is 729. The standard InChI is InChI=1S/C15H19ClN2O2.C2HF3O2/c1-17-8-6-15(17)5-2-7-18(10-15)14(20)12-4-3-11(16)9-13(12)19;3-2(4,5)1(6)7/h3-4,9,19H,2,5-8,10H2,1H3;(H,6,7). The number of hydrogen-bond donors (Lipinski definition) is 2. The van der Waals surface area contributed by atoms with Gasteiger partial charge in [0, 0.05) is 30.2 Å². The molecule has 2 aliphatic heterocycles. The fourth-order valence-electron chi connectivity index (χ4n) is 3.31. The van der Waals surface area contributed by atoms with Crippen LogP contribution in [0.3, 0.4) is 0 Å². The number of aliphatic carboxylic acids is 1. The fraction of sp³-hybridized carbons (Fsp3) is 0.529. The SMILES string of the molecule is CN1CCC12CCCN(C(=O)c1ccc(Cl)cc1O)C2.O=C(O)C(F)(F)F. The van der Waals surface area contributed by atoms with Gasteiger partial charge in [-0.05, 0) is 44.5 Å². The van der Waals surface area contributed by atoms with Crippen molar-refractivity contribution in [3.63, 3.8) is 0 Å². The molecular weight excluding hydrogens is 389 g/mol. The summed E-state index contributed by atoms with van der Waals surface area (Å²) >= 11 is 5.81. The number of halogens is 4. The van der Waals surface area contributed by atoms with Gasteiger partial charge in [0.15, 0.2) is 0 Å². The molecule has 0 aliphatic carbocycles. The predicted molar refractivity (Wildman–Crippen MR) is 91.9 cm³/mol. The Labute approximate surface area is 159 Å². The summed E-state index contributed by atoms with van der Waals surface area (Å²) in [5.41, 5.74) is 0.504. The molecule has 1 unspecified atom stereocenters. The van der Waals surface area contributed by atoms with Gasteiger partial charge >= 0.3 is 12.1 Å². The summed E-state index contributed by atoms with van der Waals surface area (Å²) in [6.45, 7) is 2.62. The van der Waals surface area contributed by atoms with Crippen molar-refractivity contribution >= 4 is 23.5 Å². The predicted octanol–water partition coefficient (Wildman–Crippen LogP) is 2.99. The van der Waals surface area contributed by atoms with Gasteiger partial charge in [-0.2, -0.15) is 13.2 Å². The first-order chi connectivity index (χ1) is 12.5. The number of nitrogens with zero attached hydrogens (tertiary/aromatic N) is 2. The first kappa shape index (κ1) is 21.3. The van der Waals surface area contributed by atoms with Gasteiger partial charge in [0.25, 0.3) is 5.91 Å². The Morgan fingerprint density at radius 3 is 2.30 bits per heavy atom. The third kappa shape index (κ3) is 4.84. The molecule has 2 fully saturated rings. The van der Waals surface area contributed by atoms with E-state index in [1.54, 1.807) is 12.1 Å². The highest BCUT2D eigenvalue weighted by molar-refractivity contribution is 6.30. The Kier molecular flexibility index (Phi) is 6.26. The van der Waals surface area contributed by atoms with Gasteiger partial charge in [0.2, 0.25) is 0 Å². The number of likely N-dealkylation sites (tertiary alicyclic amines) is 2. The molecule has 0 radical (unpaired) electrons. The minimum absolute atomic E-state index is 0.0379. The Morgan fingerprint density at radius 1 is 1.22 bits per heavy atom. The molecule has 1 atom stereocenters. The lowest BCUT2D eigenvalue weighted by molar-refractivity contribution is -0.192. The molecule has 2 aliphatic rings. The van der Waals surface area contributed by atoms with Crippen molar-refractivity contribution in [2.24, 2.45) is 0 Å². The number of likely N-dealkylation sites (N-methyl/N-ethyl adjacent to an activating group) is 1. The molecule has 1 spiro atoms. The van der Waals surface area contributed by atoms with Gasteiger partial charge in [-0.3, -0.25) is 9.69 Å². The first-order valence-electron chi connectivity index (χ1n) is 8.25. The molecule has 0 saturated carbocycles. The van der Waals surface area contributed by atoms with E-state index in [4.69, 9.17) is 21.5 Å². The van der Waals surface area contributed by atoms with Crippen LogP contribution in [0.5, 0.6) is 5.75 Å². The third-order valence-electron chi connectivity index (χ3n) is 5.00. The second kappa shape index (κ2) is 7.93. The molecular formula is C17H20ClF3N2O4. The first-order valence-corrected chi connectivity index (χ1v) is 8.63. The molecule has 1 amide bonds.